The lowest BCUT2D eigenvalue weighted by molar-refractivity contribution is 0.482. The molecule has 2 aromatic rings. The van der Waals surface area contributed by atoms with Crippen LogP contribution in [-0.2, 0) is 0 Å². The first-order valence-electron chi connectivity index (χ1n) is 9.47. The van der Waals surface area contributed by atoms with Gasteiger partial charge >= 0.3 is 0 Å². The van der Waals surface area contributed by atoms with E-state index in [1.807, 2.05) is 36.4 Å². The Hall–Kier alpha value is -1.44. The number of rotatable bonds is 9. The zero-order chi connectivity index (χ0) is 19.3. The highest BCUT2D eigenvalue weighted by Crippen LogP contribution is 2.64. The molecule has 1 aliphatic rings. The number of halogens is 1. The number of para-hydroxylation sites is 2. The number of fused-ring (bicyclic) bond motifs is 1. The molecule has 7 heteroatoms. The Morgan fingerprint density at radius 2 is 1.59 bits per heavy atom. The molecular formula is C20H28ClN3O2S. The number of anilines is 3. The lowest BCUT2D eigenvalue weighted by Crippen LogP contribution is -2.32. The zero-order valence-electron chi connectivity index (χ0n) is 15.6. The second-order valence-electron chi connectivity index (χ2n) is 6.66. The molecule has 0 aliphatic carbocycles. The molecule has 0 radical (unpaired) electrons. The molecule has 0 saturated heterocycles. The summed E-state index contributed by atoms with van der Waals surface area (Å²) in [4.78, 5) is 0. The van der Waals surface area contributed by atoms with Crippen molar-refractivity contribution in [2.24, 2.45) is 0 Å². The maximum Gasteiger partial charge on any atom is 0.0896 e. The molecule has 5 nitrogen and oxygen atoms in total. The Labute approximate surface area is 168 Å². The van der Waals surface area contributed by atoms with Crippen molar-refractivity contribution in [3.63, 3.8) is 0 Å². The fraction of sp³-hybridized carbons (Fsp3) is 0.400. The zero-order valence-corrected chi connectivity index (χ0v) is 17.2. The van der Waals surface area contributed by atoms with Gasteiger partial charge < -0.3 is 5.32 Å². The van der Waals surface area contributed by atoms with E-state index in [4.69, 9.17) is 11.6 Å². The number of hydrogen-bond donors (Lipinski definition) is 3. The summed E-state index contributed by atoms with van der Waals surface area (Å²) in [5, 5.41) is 4.05. The Kier molecular flexibility index (Phi) is 6.89. The highest BCUT2D eigenvalue weighted by molar-refractivity contribution is 8.27. The second kappa shape index (κ2) is 9.17. The van der Waals surface area contributed by atoms with Crippen LogP contribution in [-0.4, -0.2) is 28.7 Å². The predicted molar refractivity (Wildman–Crippen MR) is 117 cm³/mol. The van der Waals surface area contributed by atoms with Crippen molar-refractivity contribution in [1.82, 2.24) is 5.32 Å². The molecule has 0 saturated carbocycles. The molecule has 0 bridgehead atoms. The summed E-state index contributed by atoms with van der Waals surface area (Å²) in [6, 6.07) is 14.9. The van der Waals surface area contributed by atoms with Crippen LogP contribution < -0.4 is 13.9 Å². The fourth-order valence-corrected chi connectivity index (χ4v) is 5.18. The summed E-state index contributed by atoms with van der Waals surface area (Å²) in [5.41, 5.74) is 2.38. The van der Waals surface area contributed by atoms with Crippen LogP contribution in [0.5, 0.6) is 0 Å². The smallest absolute Gasteiger partial charge is 0.0896 e. The maximum absolute atomic E-state index is 11.1. The summed E-state index contributed by atoms with van der Waals surface area (Å²) >= 11 is 6.00. The fourth-order valence-electron chi connectivity index (χ4n) is 3.24. The van der Waals surface area contributed by atoms with Crippen LogP contribution in [0.3, 0.4) is 0 Å². The molecule has 27 heavy (non-hydrogen) atoms. The van der Waals surface area contributed by atoms with E-state index in [0.29, 0.717) is 11.6 Å². The van der Waals surface area contributed by atoms with E-state index in [1.165, 1.54) is 12.8 Å². The third-order valence-electron chi connectivity index (χ3n) is 4.64. The lowest BCUT2D eigenvalue weighted by atomic mass is 10.2. The van der Waals surface area contributed by atoms with Crippen LogP contribution in [0.2, 0.25) is 5.02 Å². The third kappa shape index (κ3) is 4.52. The van der Waals surface area contributed by atoms with E-state index in [9.17, 15) is 9.11 Å². The van der Waals surface area contributed by atoms with E-state index < -0.39 is 11.0 Å². The molecule has 3 rings (SSSR count). The van der Waals surface area contributed by atoms with Gasteiger partial charge in [0.25, 0.3) is 0 Å². The molecule has 0 amide bonds. The van der Waals surface area contributed by atoms with Gasteiger partial charge in [0, 0.05) is 11.6 Å². The molecule has 3 N–H and O–H groups in total. The van der Waals surface area contributed by atoms with Gasteiger partial charge in [-0.3, -0.25) is 13.4 Å². The summed E-state index contributed by atoms with van der Waals surface area (Å²) in [7, 11) is -3.15. The van der Waals surface area contributed by atoms with Gasteiger partial charge in [0.05, 0.1) is 17.1 Å². The molecule has 0 aromatic heterocycles. The van der Waals surface area contributed by atoms with Gasteiger partial charge in [-0.25, -0.2) is 4.31 Å². The number of nitrogens with zero attached hydrogens (tertiary/aromatic N) is 2. The topological polar surface area (TPSA) is 59.0 Å². The molecule has 1 heterocycles. The summed E-state index contributed by atoms with van der Waals surface area (Å²) in [6.07, 6.45) is 4.27. The van der Waals surface area contributed by atoms with Crippen LogP contribution in [0.1, 0.15) is 32.6 Å². The van der Waals surface area contributed by atoms with Crippen molar-refractivity contribution in [2.45, 2.75) is 32.6 Å². The first-order valence-corrected chi connectivity index (χ1v) is 11.3. The van der Waals surface area contributed by atoms with Crippen molar-refractivity contribution < 1.29 is 9.11 Å². The van der Waals surface area contributed by atoms with Crippen molar-refractivity contribution in [3.8, 4) is 0 Å². The first-order chi connectivity index (χ1) is 13.1. The SMILES string of the molecule is CCCCNCCCCN1c2ccccc2N(c2ccc(Cl)cc2)S1(O)O. The molecular weight excluding hydrogens is 382 g/mol. The molecule has 0 unspecified atom stereocenters. The van der Waals surface area contributed by atoms with E-state index in [1.54, 1.807) is 20.7 Å². The van der Waals surface area contributed by atoms with Crippen LogP contribution in [0.4, 0.5) is 17.1 Å². The van der Waals surface area contributed by atoms with Crippen molar-refractivity contribution in [3.05, 3.63) is 53.6 Å². The quantitative estimate of drug-likeness (QED) is 0.440. The minimum Gasteiger partial charge on any atom is -0.317 e. The molecule has 0 fully saturated rings. The number of unbranched alkanes of at least 4 members (excludes halogenated alkanes) is 2. The standard InChI is InChI=1S/C20H28ClN3O2S/c1-2-3-14-22-15-6-7-16-23-19-8-4-5-9-20(19)24(27(23,25)26)18-12-10-17(21)11-13-18/h4-5,8-13,22,25-26H,2-3,6-7,14-16H2,1H3. The van der Waals surface area contributed by atoms with Crippen LogP contribution >= 0.6 is 22.6 Å². The minimum absolute atomic E-state index is 0.596. The van der Waals surface area contributed by atoms with E-state index in [0.717, 1.165) is 43.0 Å². The summed E-state index contributed by atoms with van der Waals surface area (Å²) in [6.45, 7) is 4.78. The normalized spacial score (nSPS) is 16.4. The van der Waals surface area contributed by atoms with Gasteiger partial charge in [-0.2, -0.15) is 0 Å². The van der Waals surface area contributed by atoms with Crippen molar-refractivity contribution in [1.29, 1.82) is 0 Å². The minimum atomic E-state index is -3.15. The Bertz CT molecular complexity index is 742. The van der Waals surface area contributed by atoms with Crippen LogP contribution in [0, 0.1) is 0 Å². The average molecular weight is 410 g/mol. The van der Waals surface area contributed by atoms with E-state index >= 15 is 0 Å². The molecule has 0 spiro atoms. The lowest BCUT2D eigenvalue weighted by Gasteiger charge is -2.43. The Morgan fingerprint density at radius 1 is 0.926 bits per heavy atom. The largest absolute Gasteiger partial charge is 0.317 e. The summed E-state index contributed by atoms with van der Waals surface area (Å²) in [5.74, 6) is 0. The third-order valence-corrected chi connectivity index (χ3v) is 6.76. The van der Waals surface area contributed by atoms with Gasteiger partial charge in [0.15, 0.2) is 0 Å². The maximum atomic E-state index is 11.1. The second-order valence-corrected chi connectivity index (χ2v) is 8.88. The van der Waals surface area contributed by atoms with Gasteiger partial charge in [-0.1, -0.05) is 37.1 Å². The highest BCUT2D eigenvalue weighted by atomic mass is 35.5. The van der Waals surface area contributed by atoms with Gasteiger partial charge in [-0.15, -0.1) is 0 Å². The van der Waals surface area contributed by atoms with Gasteiger partial charge in [-0.05, 0) is 79.7 Å². The number of nitrogens with one attached hydrogen (secondary N) is 1. The summed E-state index contributed by atoms with van der Waals surface area (Å²) < 4.78 is 25.5. The van der Waals surface area contributed by atoms with Crippen LogP contribution in [0.25, 0.3) is 0 Å². The van der Waals surface area contributed by atoms with Crippen LogP contribution in [0.15, 0.2) is 48.5 Å². The number of hydrogen-bond acceptors (Lipinski definition) is 5. The molecule has 148 valence electrons. The van der Waals surface area contributed by atoms with E-state index in [-0.39, 0.29) is 0 Å². The van der Waals surface area contributed by atoms with Crippen molar-refractivity contribution in [2.75, 3.05) is 28.2 Å². The Balaban J connectivity index is 1.72. The molecule has 2 aromatic carbocycles. The molecule has 0 atom stereocenters. The van der Waals surface area contributed by atoms with Gasteiger partial charge in [0.2, 0.25) is 0 Å². The Morgan fingerprint density at radius 3 is 2.30 bits per heavy atom. The highest BCUT2D eigenvalue weighted by Gasteiger charge is 2.41. The number of benzene rings is 2. The monoisotopic (exact) mass is 409 g/mol. The first kappa shape index (κ1) is 20.3. The average Bonchev–Trinajstić information content (AvgIpc) is 2.88. The van der Waals surface area contributed by atoms with E-state index in [2.05, 4.69) is 12.2 Å². The van der Waals surface area contributed by atoms with Crippen molar-refractivity contribution >= 4 is 39.6 Å². The van der Waals surface area contributed by atoms with Gasteiger partial charge in [0.1, 0.15) is 0 Å². The molecule has 1 aliphatic heterocycles. The predicted octanol–water partition coefficient (Wildman–Crippen LogP) is 6.05.